The van der Waals surface area contributed by atoms with Crippen molar-refractivity contribution in [3.05, 3.63) is 34.1 Å². The zero-order valence-electron chi connectivity index (χ0n) is 13.7. The maximum atomic E-state index is 14.3. The number of halogens is 2. The molecule has 1 aromatic rings. The third-order valence-electron chi connectivity index (χ3n) is 4.65. The Labute approximate surface area is 147 Å². The van der Waals surface area contributed by atoms with E-state index in [0.29, 0.717) is 12.0 Å². The minimum Gasteiger partial charge on any atom is -0.480 e. The highest BCUT2D eigenvalue weighted by atomic mass is 79.9. The lowest BCUT2D eigenvalue weighted by Gasteiger charge is -2.29. The minimum absolute atomic E-state index is 0.150. The first-order valence-corrected chi connectivity index (χ1v) is 8.52. The number of carboxylic acids is 1. The van der Waals surface area contributed by atoms with E-state index in [9.17, 15) is 19.1 Å². The second-order valence-corrected chi connectivity index (χ2v) is 8.40. The van der Waals surface area contributed by atoms with Crippen LogP contribution in [0.15, 0.2) is 22.7 Å². The number of fused-ring (bicyclic) bond motifs is 1. The number of hydrogen-bond donors (Lipinski definition) is 1. The molecule has 130 valence electrons. The quantitative estimate of drug-likeness (QED) is 0.825. The summed E-state index contributed by atoms with van der Waals surface area (Å²) in [4.78, 5) is 25.3. The molecule has 0 aromatic heterocycles. The largest absolute Gasteiger partial charge is 0.480 e. The van der Waals surface area contributed by atoms with Crippen molar-refractivity contribution in [3.8, 4) is 0 Å². The molecule has 1 heterocycles. The van der Waals surface area contributed by atoms with Crippen LogP contribution < -0.4 is 0 Å². The molecule has 5 nitrogen and oxygen atoms in total. The van der Waals surface area contributed by atoms with Crippen molar-refractivity contribution in [1.29, 1.82) is 0 Å². The van der Waals surface area contributed by atoms with Gasteiger partial charge in [-0.05, 0) is 51.0 Å². The maximum absolute atomic E-state index is 14.3. The molecule has 0 radical (unpaired) electrons. The molecule has 0 bridgehead atoms. The Morgan fingerprint density at radius 1 is 1.42 bits per heavy atom. The Morgan fingerprint density at radius 2 is 2.08 bits per heavy atom. The number of carbonyl (C=O) groups is 2. The second-order valence-electron chi connectivity index (χ2n) is 7.48. The van der Waals surface area contributed by atoms with Crippen LogP contribution in [0.4, 0.5) is 9.18 Å². The van der Waals surface area contributed by atoms with Gasteiger partial charge in [0.05, 0.1) is 0 Å². The van der Waals surface area contributed by atoms with Crippen LogP contribution in [0.3, 0.4) is 0 Å². The molecule has 2 fully saturated rings. The second kappa shape index (κ2) is 5.44. The van der Waals surface area contributed by atoms with Gasteiger partial charge in [0.2, 0.25) is 0 Å². The van der Waals surface area contributed by atoms with Crippen molar-refractivity contribution < 1.29 is 23.8 Å². The van der Waals surface area contributed by atoms with Crippen LogP contribution in [-0.4, -0.2) is 40.3 Å². The Bertz CT molecular complexity index is 717. The van der Waals surface area contributed by atoms with Gasteiger partial charge in [0, 0.05) is 22.4 Å². The van der Waals surface area contributed by atoms with Crippen LogP contribution >= 0.6 is 15.9 Å². The molecule has 1 saturated heterocycles. The third kappa shape index (κ3) is 2.79. The van der Waals surface area contributed by atoms with E-state index in [-0.39, 0.29) is 18.3 Å². The highest BCUT2D eigenvalue weighted by Gasteiger charge is 2.69. The summed E-state index contributed by atoms with van der Waals surface area (Å²) in [5.41, 5.74) is -0.909. The summed E-state index contributed by atoms with van der Waals surface area (Å²) in [5.74, 6) is -1.76. The number of benzene rings is 1. The monoisotopic (exact) mass is 399 g/mol. The van der Waals surface area contributed by atoms with E-state index >= 15 is 0 Å². The normalized spacial score (nSPS) is 28.5. The maximum Gasteiger partial charge on any atom is 0.411 e. The van der Waals surface area contributed by atoms with Gasteiger partial charge >= 0.3 is 12.1 Å². The first kappa shape index (κ1) is 17.2. The molecule has 1 unspecified atom stereocenters. The fourth-order valence-corrected chi connectivity index (χ4v) is 3.99. The molecule has 1 N–H and O–H groups in total. The van der Waals surface area contributed by atoms with Gasteiger partial charge in [0.25, 0.3) is 0 Å². The molecule has 1 aliphatic carbocycles. The Balaban J connectivity index is 1.94. The number of carbonyl (C=O) groups excluding carboxylic acids is 1. The highest BCUT2D eigenvalue weighted by Crippen LogP contribution is 2.62. The summed E-state index contributed by atoms with van der Waals surface area (Å²) in [6.45, 7) is 5.32. The van der Waals surface area contributed by atoms with Crippen molar-refractivity contribution in [1.82, 2.24) is 4.90 Å². The summed E-state index contributed by atoms with van der Waals surface area (Å²) < 4.78 is 20.4. The molecule has 3 rings (SSSR count). The van der Waals surface area contributed by atoms with Crippen LogP contribution in [-0.2, 0) is 14.9 Å². The fraction of sp³-hybridized carbons (Fsp3) is 0.529. The lowest BCUT2D eigenvalue weighted by atomic mass is 9.94. The predicted molar refractivity (Wildman–Crippen MR) is 88.2 cm³/mol. The van der Waals surface area contributed by atoms with E-state index in [4.69, 9.17) is 4.74 Å². The molecular formula is C17H19BrFNO4. The summed E-state index contributed by atoms with van der Waals surface area (Å²) >= 11 is 3.33. The average molecular weight is 400 g/mol. The average Bonchev–Trinajstić information content (AvgIpc) is 3.05. The first-order chi connectivity index (χ1) is 11.0. The first-order valence-electron chi connectivity index (χ1n) is 7.73. The molecule has 0 spiro atoms. The molecule has 2 aliphatic rings. The van der Waals surface area contributed by atoms with Crippen molar-refractivity contribution in [2.24, 2.45) is 5.92 Å². The molecular weight excluding hydrogens is 381 g/mol. The van der Waals surface area contributed by atoms with E-state index in [1.165, 1.54) is 11.0 Å². The molecule has 3 atom stereocenters. The molecule has 1 amide bonds. The van der Waals surface area contributed by atoms with Crippen LogP contribution in [0.1, 0.15) is 32.8 Å². The van der Waals surface area contributed by atoms with Crippen molar-refractivity contribution in [2.75, 3.05) is 6.54 Å². The number of ether oxygens (including phenoxy) is 1. The Kier molecular flexibility index (Phi) is 3.90. The Hall–Kier alpha value is -1.63. The van der Waals surface area contributed by atoms with E-state index in [1.54, 1.807) is 32.9 Å². The van der Waals surface area contributed by atoms with Crippen LogP contribution in [0.2, 0.25) is 0 Å². The summed E-state index contributed by atoms with van der Waals surface area (Å²) in [5, 5.41) is 9.56. The van der Waals surface area contributed by atoms with Gasteiger partial charge in [0.15, 0.2) is 0 Å². The van der Waals surface area contributed by atoms with E-state index in [0.717, 1.165) is 4.47 Å². The Morgan fingerprint density at radius 3 is 2.67 bits per heavy atom. The van der Waals surface area contributed by atoms with Gasteiger partial charge in [-0.15, -0.1) is 0 Å². The molecule has 1 aliphatic heterocycles. The fourth-order valence-electron chi connectivity index (χ4n) is 3.63. The number of amides is 1. The topological polar surface area (TPSA) is 66.8 Å². The lowest BCUT2D eigenvalue weighted by molar-refractivity contribution is -0.142. The molecule has 24 heavy (non-hydrogen) atoms. The molecule has 7 heteroatoms. The summed E-state index contributed by atoms with van der Waals surface area (Å²) in [6, 6.07) is 3.64. The summed E-state index contributed by atoms with van der Waals surface area (Å²) in [6.07, 6.45) is -0.117. The van der Waals surface area contributed by atoms with Crippen molar-refractivity contribution in [2.45, 2.75) is 44.2 Å². The van der Waals surface area contributed by atoms with Crippen LogP contribution in [0.25, 0.3) is 0 Å². The standard InChI is InChI=1S/C17H19BrFNO4/c1-16(2,3)24-15(23)20-8-17(7-11(17)13(20)14(21)22)10-6-9(18)4-5-12(10)19/h4-6,11,13H,7-8H2,1-3H3,(H,21,22)/t11-,13?,17+/m0/s1. The number of aliphatic carboxylic acids is 1. The third-order valence-corrected chi connectivity index (χ3v) is 5.14. The van der Waals surface area contributed by atoms with Gasteiger partial charge < -0.3 is 9.84 Å². The number of carboxylic acid groups (broad SMARTS) is 1. The van der Waals surface area contributed by atoms with Gasteiger partial charge in [0.1, 0.15) is 17.5 Å². The zero-order chi connectivity index (χ0) is 17.9. The number of piperidine rings is 1. The van der Waals surface area contributed by atoms with Crippen LogP contribution in [0, 0.1) is 11.7 Å². The SMILES string of the molecule is CC(C)(C)OC(=O)N1C[C@@]2(c3cc(Br)ccc3F)C[C@H]2C1C(=O)O. The van der Waals surface area contributed by atoms with Crippen molar-refractivity contribution in [3.63, 3.8) is 0 Å². The number of likely N-dealkylation sites (tertiary alicyclic amines) is 1. The lowest BCUT2D eigenvalue weighted by Crippen LogP contribution is -2.46. The van der Waals surface area contributed by atoms with Gasteiger partial charge in [-0.1, -0.05) is 15.9 Å². The number of rotatable bonds is 2. The van der Waals surface area contributed by atoms with E-state index < -0.39 is 29.1 Å². The smallest absolute Gasteiger partial charge is 0.411 e. The minimum atomic E-state index is -1.08. The van der Waals surface area contributed by atoms with Crippen molar-refractivity contribution >= 4 is 28.0 Å². The zero-order valence-corrected chi connectivity index (χ0v) is 15.3. The van der Waals surface area contributed by atoms with E-state index in [2.05, 4.69) is 15.9 Å². The van der Waals surface area contributed by atoms with Gasteiger partial charge in [-0.3, -0.25) is 4.90 Å². The predicted octanol–water partition coefficient (Wildman–Crippen LogP) is 3.55. The van der Waals surface area contributed by atoms with Gasteiger partial charge in [-0.25, -0.2) is 14.0 Å². The molecule has 1 aromatic carbocycles. The van der Waals surface area contributed by atoms with Crippen LogP contribution in [0.5, 0.6) is 0 Å². The van der Waals surface area contributed by atoms with Gasteiger partial charge in [-0.2, -0.15) is 0 Å². The summed E-state index contributed by atoms with van der Waals surface area (Å²) in [7, 11) is 0. The number of hydrogen-bond acceptors (Lipinski definition) is 3. The number of nitrogens with zero attached hydrogens (tertiary/aromatic N) is 1. The highest BCUT2D eigenvalue weighted by molar-refractivity contribution is 9.10. The molecule has 1 saturated carbocycles. The van der Waals surface area contributed by atoms with E-state index in [1.807, 2.05) is 0 Å².